The topological polar surface area (TPSA) is 83.5 Å². The summed E-state index contributed by atoms with van der Waals surface area (Å²) in [6.07, 6.45) is 6.06. The number of fused-ring (bicyclic) bond motifs is 1. The average Bonchev–Trinajstić information content (AvgIpc) is 2.94. The minimum absolute atomic E-state index is 0.0137. The molecule has 0 bridgehead atoms. The summed E-state index contributed by atoms with van der Waals surface area (Å²) in [6, 6.07) is 0. The van der Waals surface area contributed by atoms with Crippen LogP contribution in [-0.2, 0) is 14.8 Å². The minimum Gasteiger partial charge on any atom is -0.309 e. The zero-order valence-electron chi connectivity index (χ0n) is 12.6. The van der Waals surface area contributed by atoms with Crippen LogP contribution in [0.15, 0.2) is 18.7 Å². The number of sulfonamides is 1. The van der Waals surface area contributed by atoms with Crippen molar-refractivity contribution in [2.45, 2.75) is 19.8 Å². The third kappa shape index (κ3) is 2.72. The standard InChI is InChI=1S/C14H20N4O3S/c1-2-5-22(20,21)17-8-11-3-4-18(14(19)13(11)9-17)12-6-15-10-16-7-12/h6-7,10-11,13H,2-5,8-9H2,1H3. The lowest BCUT2D eigenvalue weighted by Gasteiger charge is -2.33. The van der Waals surface area contributed by atoms with Crippen LogP contribution in [0, 0.1) is 11.8 Å². The number of aromatic nitrogens is 2. The summed E-state index contributed by atoms with van der Waals surface area (Å²) in [4.78, 5) is 22.3. The lowest BCUT2D eigenvalue weighted by Crippen LogP contribution is -2.45. The van der Waals surface area contributed by atoms with Gasteiger partial charge in [-0.15, -0.1) is 0 Å². The predicted molar refractivity (Wildman–Crippen MR) is 81.6 cm³/mol. The third-order valence-electron chi connectivity index (χ3n) is 4.43. The number of nitrogens with zero attached hydrogens (tertiary/aromatic N) is 4. The van der Waals surface area contributed by atoms with Crippen LogP contribution < -0.4 is 4.90 Å². The van der Waals surface area contributed by atoms with Gasteiger partial charge in [-0.2, -0.15) is 0 Å². The van der Waals surface area contributed by atoms with Crippen LogP contribution in [0.5, 0.6) is 0 Å². The van der Waals surface area contributed by atoms with Gasteiger partial charge in [0, 0.05) is 19.6 Å². The molecule has 2 atom stereocenters. The van der Waals surface area contributed by atoms with Gasteiger partial charge in [0.15, 0.2) is 0 Å². The molecule has 1 aromatic rings. The summed E-state index contributed by atoms with van der Waals surface area (Å²) >= 11 is 0. The fraction of sp³-hybridized carbons (Fsp3) is 0.643. The van der Waals surface area contributed by atoms with Crippen molar-refractivity contribution in [3.8, 4) is 0 Å². The maximum atomic E-state index is 12.7. The first-order chi connectivity index (χ1) is 10.5. The molecule has 2 aliphatic rings. The highest BCUT2D eigenvalue weighted by Crippen LogP contribution is 2.35. The average molecular weight is 324 g/mol. The molecule has 120 valence electrons. The lowest BCUT2D eigenvalue weighted by molar-refractivity contribution is -0.124. The van der Waals surface area contributed by atoms with Crippen LogP contribution in [-0.4, -0.2) is 54.0 Å². The van der Waals surface area contributed by atoms with Gasteiger partial charge in [0.05, 0.1) is 29.8 Å². The molecule has 0 aromatic carbocycles. The van der Waals surface area contributed by atoms with Crippen molar-refractivity contribution in [3.63, 3.8) is 0 Å². The molecule has 2 saturated heterocycles. The number of hydrogen-bond acceptors (Lipinski definition) is 5. The second kappa shape index (κ2) is 5.92. The Labute approximate surface area is 130 Å². The fourth-order valence-electron chi connectivity index (χ4n) is 3.31. The van der Waals surface area contributed by atoms with Gasteiger partial charge in [-0.05, 0) is 18.8 Å². The van der Waals surface area contributed by atoms with Crippen molar-refractivity contribution in [2.24, 2.45) is 11.8 Å². The van der Waals surface area contributed by atoms with Crippen molar-refractivity contribution in [2.75, 3.05) is 30.3 Å². The van der Waals surface area contributed by atoms with Crippen molar-refractivity contribution >= 4 is 21.6 Å². The highest BCUT2D eigenvalue weighted by Gasteiger charge is 2.46. The van der Waals surface area contributed by atoms with Crippen molar-refractivity contribution in [1.82, 2.24) is 14.3 Å². The molecule has 7 nitrogen and oxygen atoms in total. The summed E-state index contributed by atoms with van der Waals surface area (Å²) in [6.45, 7) is 3.21. The molecule has 0 saturated carbocycles. The van der Waals surface area contributed by atoms with Gasteiger partial charge in [0.25, 0.3) is 0 Å². The molecule has 1 aromatic heterocycles. The van der Waals surface area contributed by atoms with E-state index >= 15 is 0 Å². The van der Waals surface area contributed by atoms with Gasteiger partial charge >= 0.3 is 0 Å². The zero-order valence-corrected chi connectivity index (χ0v) is 13.4. The number of rotatable bonds is 4. The molecule has 2 fully saturated rings. The van der Waals surface area contributed by atoms with Gasteiger partial charge in [0.1, 0.15) is 6.33 Å². The Balaban J connectivity index is 1.77. The number of piperidine rings is 1. The van der Waals surface area contributed by atoms with Crippen LogP contribution in [0.4, 0.5) is 5.69 Å². The smallest absolute Gasteiger partial charge is 0.231 e. The van der Waals surface area contributed by atoms with Gasteiger partial charge in [-0.25, -0.2) is 22.7 Å². The maximum absolute atomic E-state index is 12.7. The minimum atomic E-state index is -3.24. The summed E-state index contributed by atoms with van der Waals surface area (Å²) < 4.78 is 25.9. The Morgan fingerprint density at radius 2 is 2.00 bits per heavy atom. The number of anilines is 1. The molecule has 1 amide bonds. The monoisotopic (exact) mass is 324 g/mol. The Kier molecular flexibility index (Phi) is 4.14. The zero-order chi connectivity index (χ0) is 15.7. The molecule has 8 heteroatoms. The van der Waals surface area contributed by atoms with E-state index in [9.17, 15) is 13.2 Å². The summed E-state index contributed by atoms with van der Waals surface area (Å²) in [7, 11) is -3.24. The first-order valence-electron chi connectivity index (χ1n) is 7.57. The summed E-state index contributed by atoms with van der Waals surface area (Å²) in [5, 5.41) is 0. The van der Waals surface area contributed by atoms with Crippen molar-refractivity contribution < 1.29 is 13.2 Å². The molecular formula is C14H20N4O3S. The molecular weight excluding hydrogens is 304 g/mol. The van der Waals surface area contributed by atoms with Gasteiger partial charge in [-0.3, -0.25) is 4.79 Å². The van der Waals surface area contributed by atoms with Crippen LogP contribution in [0.3, 0.4) is 0 Å². The summed E-state index contributed by atoms with van der Waals surface area (Å²) in [5.41, 5.74) is 0.681. The fourth-order valence-corrected chi connectivity index (χ4v) is 4.89. The van der Waals surface area contributed by atoms with E-state index in [1.807, 2.05) is 6.92 Å². The van der Waals surface area contributed by atoms with E-state index in [0.717, 1.165) is 6.42 Å². The Morgan fingerprint density at radius 3 is 2.68 bits per heavy atom. The molecule has 2 unspecified atom stereocenters. The normalized spacial score (nSPS) is 26.2. The molecule has 0 aliphatic carbocycles. The lowest BCUT2D eigenvalue weighted by atomic mass is 9.88. The van der Waals surface area contributed by atoms with Gasteiger partial charge < -0.3 is 4.90 Å². The second-order valence-electron chi connectivity index (χ2n) is 5.87. The molecule has 3 rings (SSSR count). The van der Waals surface area contributed by atoms with Crippen LogP contribution >= 0.6 is 0 Å². The maximum Gasteiger partial charge on any atom is 0.231 e. The Hall–Kier alpha value is -1.54. The first kappa shape index (κ1) is 15.4. The quantitative estimate of drug-likeness (QED) is 0.805. The molecule has 3 heterocycles. The van der Waals surface area contributed by atoms with E-state index in [1.165, 1.54) is 10.6 Å². The van der Waals surface area contributed by atoms with Crippen LogP contribution in [0.25, 0.3) is 0 Å². The van der Waals surface area contributed by atoms with E-state index in [4.69, 9.17) is 0 Å². The number of carbonyl (C=O) groups is 1. The van der Waals surface area contributed by atoms with E-state index in [0.29, 0.717) is 31.7 Å². The largest absolute Gasteiger partial charge is 0.309 e. The second-order valence-corrected chi connectivity index (χ2v) is 7.96. The highest BCUT2D eigenvalue weighted by atomic mass is 32.2. The van der Waals surface area contributed by atoms with Gasteiger partial charge in [0.2, 0.25) is 15.9 Å². The Bertz CT molecular complexity index is 649. The van der Waals surface area contributed by atoms with E-state index in [2.05, 4.69) is 9.97 Å². The van der Waals surface area contributed by atoms with Crippen molar-refractivity contribution in [1.29, 1.82) is 0 Å². The Morgan fingerprint density at radius 1 is 1.27 bits per heavy atom. The van der Waals surface area contributed by atoms with E-state index < -0.39 is 10.0 Å². The van der Waals surface area contributed by atoms with Crippen LogP contribution in [0.2, 0.25) is 0 Å². The predicted octanol–water partition coefficient (Wildman–Crippen LogP) is 0.501. The molecule has 0 radical (unpaired) electrons. The molecule has 2 aliphatic heterocycles. The third-order valence-corrected chi connectivity index (χ3v) is 6.44. The van der Waals surface area contributed by atoms with Crippen LogP contribution in [0.1, 0.15) is 19.8 Å². The summed E-state index contributed by atoms with van der Waals surface area (Å²) in [5.74, 6) is 0.0116. The van der Waals surface area contributed by atoms with Crippen molar-refractivity contribution in [3.05, 3.63) is 18.7 Å². The SMILES string of the molecule is CCCS(=O)(=O)N1CC2CCN(c3cncnc3)C(=O)C2C1. The molecule has 22 heavy (non-hydrogen) atoms. The molecule has 0 spiro atoms. The highest BCUT2D eigenvalue weighted by molar-refractivity contribution is 7.89. The van der Waals surface area contributed by atoms with E-state index in [1.54, 1.807) is 17.3 Å². The molecule has 0 N–H and O–H groups in total. The number of hydrogen-bond donors (Lipinski definition) is 0. The number of amides is 1. The first-order valence-corrected chi connectivity index (χ1v) is 9.18. The van der Waals surface area contributed by atoms with E-state index in [-0.39, 0.29) is 23.5 Å². The van der Waals surface area contributed by atoms with Gasteiger partial charge in [-0.1, -0.05) is 6.92 Å². The number of carbonyl (C=O) groups excluding carboxylic acids is 1.